The van der Waals surface area contributed by atoms with Gasteiger partial charge in [-0.3, -0.25) is 4.68 Å². The van der Waals surface area contributed by atoms with Crippen LogP contribution in [0.4, 0.5) is 8.78 Å². The minimum Gasteiger partial charge on any atom is -0.322 e. The molecule has 0 bridgehead atoms. The average molecular weight is 300 g/mol. The molecule has 3 nitrogen and oxygen atoms in total. The first kappa shape index (κ1) is 14.9. The van der Waals surface area contributed by atoms with Gasteiger partial charge in [0, 0.05) is 12.6 Å². The SMILES string of the molecule is CCCn1ncc(Cl)c1C(N)Cc1cc(F)cc(F)c1. The van der Waals surface area contributed by atoms with Crippen LogP contribution in [0, 0.1) is 11.6 Å². The van der Waals surface area contributed by atoms with Crippen LogP contribution < -0.4 is 5.73 Å². The molecule has 0 aliphatic rings. The topological polar surface area (TPSA) is 43.8 Å². The molecule has 0 fully saturated rings. The van der Waals surface area contributed by atoms with Crippen LogP contribution in [0.25, 0.3) is 0 Å². The molecule has 108 valence electrons. The molecular weight excluding hydrogens is 284 g/mol. The summed E-state index contributed by atoms with van der Waals surface area (Å²) >= 11 is 6.09. The zero-order valence-electron chi connectivity index (χ0n) is 11.1. The Hall–Kier alpha value is -1.46. The third-order valence-electron chi connectivity index (χ3n) is 3.00. The van der Waals surface area contributed by atoms with Crippen molar-refractivity contribution in [3.05, 3.63) is 52.3 Å². The van der Waals surface area contributed by atoms with Gasteiger partial charge in [0.05, 0.1) is 23.0 Å². The van der Waals surface area contributed by atoms with E-state index in [0.717, 1.165) is 12.5 Å². The Kier molecular flexibility index (Phi) is 4.73. The normalized spacial score (nSPS) is 12.7. The van der Waals surface area contributed by atoms with E-state index >= 15 is 0 Å². The van der Waals surface area contributed by atoms with Crippen LogP contribution in [-0.4, -0.2) is 9.78 Å². The molecule has 0 spiro atoms. The summed E-state index contributed by atoms with van der Waals surface area (Å²) in [6.07, 6.45) is 2.73. The highest BCUT2D eigenvalue weighted by molar-refractivity contribution is 6.31. The van der Waals surface area contributed by atoms with E-state index in [1.54, 1.807) is 10.9 Å². The Labute approximate surface area is 121 Å². The molecule has 1 heterocycles. The molecule has 2 aromatic rings. The van der Waals surface area contributed by atoms with Gasteiger partial charge >= 0.3 is 0 Å². The van der Waals surface area contributed by atoms with Gasteiger partial charge in [-0.2, -0.15) is 5.10 Å². The number of aromatic nitrogens is 2. The van der Waals surface area contributed by atoms with E-state index in [4.69, 9.17) is 17.3 Å². The summed E-state index contributed by atoms with van der Waals surface area (Å²) in [5.74, 6) is -1.22. The van der Waals surface area contributed by atoms with Gasteiger partial charge in [0.25, 0.3) is 0 Å². The summed E-state index contributed by atoms with van der Waals surface area (Å²) in [5, 5.41) is 4.63. The molecule has 1 aromatic heterocycles. The first-order valence-corrected chi connectivity index (χ1v) is 6.80. The van der Waals surface area contributed by atoms with E-state index in [1.165, 1.54) is 12.1 Å². The highest BCUT2D eigenvalue weighted by Gasteiger charge is 2.17. The molecule has 2 N–H and O–H groups in total. The molecule has 0 aliphatic carbocycles. The van der Waals surface area contributed by atoms with Crippen molar-refractivity contribution >= 4 is 11.6 Å². The molecule has 1 unspecified atom stereocenters. The highest BCUT2D eigenvalue weighted by atomic mass is 35.5. The molecule has 1 aromatic carbocycles. The number of aryl methyl sites for hydroxylation is 1. The Morgan fingerprint density at radius 3 is 2.55 bits per heavy atom. The number of nitrogens with zero attached hydrogens (tertiary/aromatic N) is 2. The minimum atomic E-state index is -0.611. The predicted molar refractivity (Wildman–Crippen MR) is 74.5 cm³/mol. The summed E-state index contributed by atoms with van der Waals surface area (Å²) in [6.45, 7) is 2.72. The molecule has 2 rings (SSSR count). The summed E-state index contributed by atoms with van der Waals surface area (Å²) in [5.41, 5.74) is 7.30. The van der Waals surface area contributed by atoms with Crippen LogP contribution in [0.1, 0.15) is 30.6 Å². The lowest BCUT2D eigenvalue weighted by atomic mass is 10.0. The van der Waals surface area contributed by atoms with Crippen molar-refractivity contribution in [3.63, 3.8) is 0 Å². The van der Waals surface area contributed by atoms with E-state index in [0.29, 0.717) is 29.2 Å². The molecular formula is C14H16ClF2N3. The largest absolute Gasteiger partial charge is 0.322 e. The van der Waals surface area contributed by atoms with E-state index in [1.807, 2.05) is 6.92 Å². The Morgan fingerprint density at radius 1 is 1.30 bits per heavy atom. The third kappa shape index (κ3) is 3.35. The van der Waals surface area contributed by atoms with Crippen LogP contribution in [0.5, 0.6) is 0 Å². The highest BCUT2D eigenvalue weighted by Crippen LogP contribution is 2.24. The first-order valence-electron chi connectivity index (χ1n) is 6.43. The standard InChI is InChI=1S/C14H16ClF2N3/c1-2-3-20-14(12(15)8-19-20)13(18)6-9-4-10(16)7-11(17)5-9/h4-5,7-8,13H,2-3,6,18H2,1H3. The number of nitrogens with two attached hydrogens (primary N) is 1. The van der Waals surface area contributed by atoms with Crippen molar-refractivity contribution in [2.45, 2.75) is 32.4 Å². The van der Waals surface area contributed by atoms with Crippen molar-refractivity contribution in [2.24, 2.45) is 5.73 Å². The fourth-order valence-corrected chi connectivity index (χ4v) is 2.49. The van der Waals surface area contributed by atoms with Crippen molar-refractivity contribution in [1.82, 2.24) is 9.78 Å². The van der Waals surface area contributed by atoms with Gasteiger partial charge < -0.3 is 5.73 Å². The maximum absolute atomic E-state index is 13.2. The van der Waals surface area contributed by atoms with Crippen molar-refractivity contribution in [2.75, 3.05) is 0 Å². The average Bonchev–Trinajstić information content (AvgIpc) is 2.69. The van der Waals surface area contributed by atoms with Gasteiger partial charge in [0.1, 0.15) is 11.6 Å². The van der Waals surface area contributed by atoms with Crippen LogP contribution in [0.2, 0.25) is 5.02 Å². The van der Waals surface area contributed by atoms with Gasteiger partial charge in [0.2, 0.25) is 0 Å². The van der Waals surface area contributed by atoms with E-state index in [2.05, 4.69) is 5.10 Å². The van der Waals surface area contributed by atoms with Gasteiger partial charge in [0.15, 0.2) is 0 Å². The lowest BCUT2D eigenvalue weighted by Gasteiger charge is -2.15. The molecule has 20 heavy (non-hydrogen) atoms. The number of hydrogen-bond acceptors (Lipinski definition) is 2. The summed E-state index contributed by atoms with van der Waals surface area (Å²) < 4.78 is 28.1. The van der Waals surface area contributed by atoms with Crippen molar-refractivity contribution < 1.29 is 8.78 Å². The number of halogens is 3. The Balaban J connectivity index is 2.23. The van der Waals surface area contributed by atoms with E-state index in [9.17, 15) is 8.78 Å². The Morgan fingerprint density at radius 2 is 1.95 bits per heavy atom. The van der Waals surface area contributed by atoms with Gasteiger partial charge in [-0.05, 0) is 30.5 Å². The molecule has 0 amide bonds. The van der Waals surface area contributed by atoms with E-state index < -0.39 is 17.7 Å². The maximum atomic E-state index is 13.2. The summed E-state index contributed by atoms with van der Waals surface area (Å²) in [7, 11) is 0. The van der Waals surface area contributed by atoms with Crippen LogP contribution in [0.3, 0.4) is 0 Å². The number of benzene rings is 1. The zero-order chi connectivity index (χ0) is 14.7. The fraction of sp³-hybridized carbons (Fsp3) is 0.357. The lowest BCUT2D eigenvalue weighted by Crippen LogP contribution is -2.19. The van der Waals surface area contributed by atoms with Crippen LogP contribution in [0.15, 0.2) is 24.4 Å². The van der Waals surface area contributed by atoms with E-state index in [-0.39, 0.29) is 0 Å². The minimum absolute atomic E-state index is 0.295. The molecule has 0 aliphatic heterocycles. The second kappa shape index (κ2) is 6.33. The van der Waals surface area contributed by atoms with Crippen molar-refractivity contribution in [1.29, 1.82) is 0 Å². The molecule has 1 atom stereocenters. The number of hydrogen-bond donors (Lipinski definition) is 1. The summed E-state index contributed by atoms with van der Waals surface area (Å²) in [6, 6.07) is 2.93. The molecule has 6 heteroatoms. The number of rotatable bonds is 5. The third-order valence-corrected chi connectivity index (χ3v) is 3.29. The fourth-order valence-electron chi connectivity index (χ4n) is 2.21. The van der Waals surface area contributed by atoms with Gasteiger partial charge in [-0.25, -0.2) is 8.78 Å². The summed E-state index contributed by atoms with van der Waals surface area (Å²) in [4.78, 5) is 0. The van der Waals surface area contributed by atoms with Crippen molar-refractivity contribution in [3.8, 4) is 0 Å². The quantitative estimate of drug-likeness (QED) is 0.919. The smallest absolute Gasteiger partial charge is 0.126 e. The van der Waals surface area contributed by atoms with Crippen LogP contribution >= 0.6 is 11.6 Å². The van der Waals surface area contributed by atoms with Gasteiger partial charge in [-0.15, -0.1) is 0 Å². The lowest BCUT2D eigenvalue weighted by molar-refractivity contribution is 0.534. The van der Waals surface area contributed by atoms with Gasteiger partial charge in [-0.1, -0.05) is 18.5 Å². The molecule has 0 radical (unpaired) electrons. The first-order chi connectivity index (χ1) is 9.51. The Bertz CT molecular complexity index is 578. The monoisotopic (exact) mass is 299 g/mol. The molecule has 0 saturated carbocycles. The maximum Gasteiger partial charge on any atom is 0.126 e. The molecule has 0 saturated heterocycles. The van der Waals surface area contributed by atoms with Crippen LogP contribution in [-0.2, 0) is 13.0 Å². The zero-order valence-corrected chi connectivity index (χ0v) is 11.9. The second-order valence-electron chi connectivity index (χ2n) is 4.69. The predicted octanol–water partition coefficient (Wildman–Crippen LogP) is 3.47. The second-order valence-corrected chi connectivity index (χ2v) is 5.10.